The van der Waals surface area contributed by atoms with Crippen molar-refractivity contribution < 1.29 is 0 Å². The van der Waals surface area contributed by atoms with E-state index in [1.165, 1.54) is 159 Å². The molecule has 5 aliphatic rings. The summed E-state index contributed by atoms with van der Waals surface area (Å²) in [4.78, 5) is 5.60. The van der Waals surface area contributed by atoms with E-state index in [0.29, 0.717) is 0 Å². The molecule has 7 aromatic rings. The Hall–Kier alpha value is -4.60. The first-order valence-corrected chi connectivity index (χ1v) is 26.4. The van der Waals surface area contributed by atoms with Crippen molar-refractivity contribution in [1.29, 1.82) is 0 Å². The second-order valence-corrected chi connectivity index (χ2v) is 26.9. The predicted molar refractivity (Wildman–Crippen MR) is 303 cm³/mol. The summed E-state index contributed by atoms with van der Waals surface area (Å²) in [5, 5.41) is 2.72. The van der Waals surface area contributed by atoms with Gasteiger partial charge in [0.05, 0.1) is 0 Å². The van der Waals surface area contributed by atoms with Crippen molar-refractivity contribution in [1.82, 2.24) is 0 Å². The third-order valence-corrected chi connectivity index (χ3v) is 20.0. The van der Waals surface area contributed by atoms with E-state index >= 15 is 0 Å². The molecule has 7 heteroatoms. The third-order valence-electron chi connectivity index (χ3n) is 18.9. The number of hydrogen-bond acceptors (Lipinski definition) is 3. The van der Waals surface area contributed by atoms with Crippen LogP contribution in [0.1, 0.15) is 155 Å². The summed E-state index contributed by atoms with van der Waals surface area (Å²) >= 11 is 1.95. The average molecular weight is 893 g/mol. The monoisotopic (exact) mass is 893 g/mol. The summed E-state index contributed by atoms with van der Waals surface area (Å²) in [7, 11) is 7.26. The molecule has 0 saturated heterocycles. The van der Waals surface area contributed by atoms with Crippen LogP contribution in [0.5, 0.6) is 0 Å². The van der Waals surface area contributed by atoms with Crippen molar-refractivity contribution in [2.75, 3.05) is 9.71 Å². The Balaban J connectivity index is 1.25. The van der Waals surface area contributed by atoms with Crippen LogP contribution < -0.4 is 37.0 Å². The summed E-state index contributed by atoms with van der Waals surface area (Å²) in [6.45, 7) is 29.8. The van der Waals surface area contributed by atoms with Gasteiger partial charge in [-0.15, -0.1) is 11.3 Å². The van der Waals surface area contributed by atoms with Gasteiger partial charge >= 0.3 is 6.85 Å². The number of benzene rings is 6. The Bertz CT molecular complexity index is 3330. The lowest BCUT2D eigenvalue weighted by atomic mass is 9.41. The summed E-state index contributed by atoms with van der Waals surface area (Å²) in [6, 6.07) is 35.0. The van der Waals surface area contributed by atoms with Crippen molar-refractivity contribution in [3.05, 3.63) is 118 Å². The van der Waals surface area contributed by atoms with E-state index in [-0.39, 0.29) is 39.3 Å². The Kier molecular flexibility index (Phi) is 8.99. The number of anilines is 5. The highest BCUT2D eigenvalue weighted by Gasteiger charge is 2.50. The highest BCUT2D eigenvalue weighted by Crippen LogP contribution is 2.55. The van der Waals surface area contributed by atoms with Crippen LogP contribution in [0, 0.1) is 0 Å². The largest absolute Gasteiger partial charge is 0.376 e. The normalized spacial score (nSPS) is 20.7. The molecule has 0 saturated carbocycles. The van der Waals surface area contributed by atoms with Gasteiger partial charge < -0.3 is 9.71 Å². The molecule has 0 N–H and O–H groups in total. The third kappa shape index (κ3) is 6.04. The van der Waals surface area contributed by atoms with Gasteiger partial charge in [0.2, 0.25) is 0 Å². The minimum absolute atomic E-state index is 0.0366. The summed E-state index contributed by atoms with van der Waals surface area (Å²) < 4.78 is 2.72. The molecule has 0 unspecified atom stereocenters. The number of rotatable bonds is 2. The van der Waals surface area contributed by atoms with Crippen LogP contribution in [0.3, 0.4) is 0 Å². The van der Waals surface area contributed by atoms with E-state index in [2.05, 4.69) is 201 Å². The molecule has 0 radical (unpaired) electrons. The zero-order valence-corrected chi connectivity index (χ0v) is 44.0. The van der Waals surface area contributed by atoms with Crippen LogP contribution in [0.15, 0.2) is 84.9 Å². The number of fused-ring (bicyclic) bond motifs is 10. The molecule has 2 nitrogen and oxygen atoms in total. The fourth-order valence-corrected chi connectivity index (χ4v) is 15.1. The van der Waals surface area contributed by atoms with Gasteiger partial charge in [0.25, 0.3) is 0 Å². The molecule has 1 aromatic heterocycles. The lowest BCUT2D eigenvalue weighted by molar-refractivity contribution is 0.332. The van der Waals surface area contributed by atoms with Crippen molar-refractivity contribution >= 4 is 118 Å². The topological polar surface area (TPSA) is 6.48 Å². The Morgan fingerprint density at radius 2 is 0.970 bits per heavy atom. The minimum atomic E-state index is -0.0366. The van der Waals surface area contributed by atoms with Crippen molar-refractivity contribution in [3.63, 3.8) is 0 Å². The molecule has 3 aliphatic carbocycles. The second-order valence-electron chi connectivity index (χ2n) is 25.8. The molecule has 0 fully saturated rings. The Morgan fingerprint density at radius 3 is 1.57 bits per heavy atom. The molecule has 3 heterocycles. The number of nitrogens with zero attached hydrogens (tertiary/aromatic N) is 2. The zero-order chi connectivity index (χ0) is 47.3. The number of hydrogen-bond donors (Lipinski definition) is 0. The van der Waals surface area contributed by atoms with E-state index in [0.717, 1.165) is 0 Å². The molecule has 6 aromatic carbocycles. The summed E-state index contributed by atoms with van der Waals surface area (Å²) in [5.74, 6) is 0. The molecule has 67 heavy (non-hydrogen) atoms. The standard InChI is InChI=1S/C60H68B4N2S/c1-55(2)21-23-57(5,6)40-27-33(17-19-38(40)55)65-46-31-43-42(59(9,10)25-26-60(43,11)12)30-44(46)64-53-49(50(61)51(62)52(63)54(53)65)37-29-36-35-15-13-14-16-47(35)67-48(36)32-45(37)66(64)34-18-20-39-41(28-34)58(7,8)24-22-56(39,3)4/h13-20,27-32H,21-26,61-63H2,1-12H3. The van der Waals surface area contributed by atoms with Crippen LogP contribution in [0.4, 0.5) is 28.4 Å². The van der Waals surface area contributed by atoms with E-state index < -0.39 is 0 Å². The molecule has 0 amide bonds. The highest BCUT2D eigenvalue weighted by molar-refractivity contribution is 7.25. The quantitative estimate of drug-likeness (QED) is 0.160. The lowest BCUT2D eigenvalue weighted by Crippen LogP contribution is -2.66. The van der Waals surface area contributed by atoms with Crippen LogP contribution in [0.25, 0.3) is 31.3 Å². The van der Waals surface area contributed by atoms with Gasteiger partial charge in [-0.3, -0.25) is 0 Å². The summed E-state index contributed by atoms with van der Waals surface area (Å²) in [6.07, 6.45) is 7.16. The van der Waals surface area contributed by atoms with Crippen LogP contribution in [0.2, 0.25) is 0 Å². The van der Waals surface area contributed by atoms with Gasteiger partial charge in [-0.25, -0.2) is 0 Å². The van der Waals surface area contributed by atoms with Crippen LogP contribution in [-0.4, -0.2) is 30.4 Å². The predicted octanol–water partition coefficient (Wildman–Crippen LogP) is 10.6. The Morgan fingerprint density at radius 1 is 0.463 bits per heavy atom. The maximum Gasteiger partial charge on any atom is 0.333 e. The van der Waals surface area contributed by atoms with Crippen molar-refractivity contribution in [2.45, 2.75) is 154 Å². The van der Waals surface area contributed by atoms with Gasteiger partial charge in [-0.1, -0.05) is 136 Å². The summed E-state index contributed by atoms with van der Waals surface area (Å²) in [5.41, 5.74) is 26.2. The fraction of sp³-hybridized carbons (Fsp3) is 0.400. The first-order valence-electron chi connectivity index (χ1n) is 25.6. The SMILES string of the molecule is Bc1c(B)c2c3c(c1B)N(c1ccc4c(c1)C(C)(C)CCC4(C)C)c1cc4c(cc1B3N(c1ccc3c(c1)C(C)(C)CCC3(C)C)c1cc3sc5ccccc5c3cc1-2)C(C)(C)CCC4(C)C. The van der Waals surface area contributed by atoms with E-state index in [4.69, 9.17) is 0 Å². The molecular weight excluding hydrogens is 824 g/mol. The van der Waals surface area contributed by atoms with Gasteiger partial charge in [0.1, 0.15) is 23.5 Å². The second kappa shape index (κ2) is 13.8. The lowest BCUT2D eigenvalue weighted by Gasteiger charge is -2.50. The molecule has 336 valence electrons. The van der Waals surface area contributed by atoms with Gasteiger partial charge in [0, 0.05) is 54.2 Å². The van der Waals surface area contributed by atoms with Crippen molar-refractivity contribution in [2.24, 2.45) is 0 Å². The van der Waals surface area contributed by atoms with E-state index in [1.54, 1.807) is 0 Å². The number of thiophene rings is 1. The zero-order valence-electron chi connectivity index (χ0n) is 43.2. The maximum atomic E-state index is 2.83. The van der Waals surface area contributed by atoms with E-state index in [9.17, 15) is 0 Å². The van der Waals surface area contributed by atoms with Crippen molar-refractivity contribution in [3.8, 4) is 11.1 Å². The first-order chi connectivity index (χ1) is 31.4. The van der Waals surface area contributed by atoms with Crippen LogP contribution >= 0.6 is 11.3 Å². The smallest absolute Gasteiger partial charge is 0.333 e. The highest BCUT2D eigenvalue weighted by atomic mass is 32.1. The Labute approximate surface area is 408 Å². The van der Waals surface area contributed by atoms with E-state index in [1.807, 2.05) is 11.3 Å². The van der Waals surface area contributed by atoms with Crippen LogP contribution in [-0.2, 0) is 32.5 Å². The van der Waals surface area contributed by atoms with Gasteiger partial charge in [0.15, 0.2) is 0 Å². The average Bonchev–Trinajstić information content (AvgIpc) is 3.65. The molecule has 0 spiro atoms. The van der Waals surface area contributed by atoms with Gasteiger partial charge in [-0.05, 0) is 169 Å². The minimum Gasteiger partial charge on any atom is -0.376 e. The first kappa shape index (κ1) is 43.7. The molecule has 0 bridgehead atoms. The molecule has 2 aliphatic heterocycles. The van der Waals surface area contributed by atoms with Gasteiger partial charge in [-0.2, -0.15) is 0 Å². The molecule has 0 atom stereocenters. The molecule has 12 rings (SSSR count). The molecular formula is C60H68B4N2S. The fourth-order valence-electron chi connectivity index (χ4n) is 13.9. The maximum absolute atomic E-state index is 2.83.